The van der Waals surface area contributed by atoms with Crippen molar-refractivity contribution < 1.29 is 13.9 Å². The molecule has 2 atom stereocenters. The van der Waals surface area contributed by atoms with Gasteiger partial charge < -0.3 is 15.0 Å². The summed E-state index contributed by atoms with van der Waals surface area (Å²) in [5.74, 6) is -0.00385. The Bertz CT molecular complexity index is 858. The fourth-order valence-electron chi connectivity index (χ4n) is 3.05. The third kappa shape index (κ3) is 6.67. The number of hydrogen-bond donors (Lipinski definition) is 2. The van der Waals surface area contributed by atoms with Crippen LogP contribution in [0.2, 0.25) is 0 Å². The normalized spacial score (nSPS) is 25.3. The lowest BCUT2D eigenvalue weighted by Crippen LogP contribution is -2.48. The largest absolute Gasteiger partial charge is 0.374 e. The number of morpholine rings is 1. The van der Waals surface area contributed by atoms with Crippen LogP contribution in [0, 0.1) is 0 Å². The average molecular weight is 443 g/mol. The summed E-state index contributed by atoms with van der Waals surface area (Å²) >= 11 is 7.21. The molecule has 1 unspecified atom stereocenters. The molecule has 1 aliphatic heterocycles. The molecule has 2 N–H and O–H groups in total. The monoisotopic (exact) mass is 442 g/mol. The number of thioether (sulfide) groups is 1. The molecule has 1 aromatic rings. The highest BCUT2D eigenvalue weighted by molar-refractivity contribution is 7.99. The molecule has 0 spiro atoms. The molecule has 1 aromatic heterocycles. The lowest BCUT2D eigenvalue weighted by molar-refractivity contribution is -0.119. The van der Waals surface area contributed by atoms with Gasteiger partial charge in [-0.3, -0.25) is 14.5 Å². The highest BCUT2D eigenvalue weighted by Crippen LogP contribution is 2.34. The van der Waals surface area contributed by atoms with Crippen molar-refractivity contribution in [3.8, 4) is 0 Å². The smallest absolute Gasteiger partial charge is 0.251 e. The molecule has 1 fully saturated rings. The Kier molecular flexibility index (Phi) is 7.50. The molecule has 1 amide bonds. The Morgan fingerprint density at radius 1 is 1.59 bits per heavy atom. The highest BCUT2D eigenvalue weighted by atomic mass is 35.5. The summed E-state index contributed by atoms with van der Waals surface area (Å²) in [7, 11) is 0. The van der Waals surface area contributed by atoms with Crippen molar-refractivity contribution in [1.82, 2.24) is 20.2 Å². The van der Waals surface area contributed by atoms with Gasteiger partial charge in [-0.2, -0.15) is 0 Å². The van der Waals surface area contributed by atoms with E-state index < -0.39 is 5.67 Å². The average Bonchev–Trinajstić information content (AvgIpc) is 2.68. The molecule has 0 bridgehead atoms. The third-order valence-corrected chi connectivity index (χ3v) is 6.09. The van der Waals surface area contributed by atoms with Gasteiger partial charge in [0.1, 0.15) is 5.67 Å². The first kappa shape index (κ1) is 22.0. The van der Waals surface area contributed by atoms with Crippen molar-refractivity contribution >= 4 is 29.3 Å². The number of nitrogens with one attached hydrogen (secondary N) is 2. The number of H-pyrrole nitrogens is 1. The van der Waals surface area contributed by atoms with Gasteiger partial charge >= 0.3 is 0 Å². The second kappa shape index (κ2) is 9.88. The Morgan fingerprint density at radius 2 is 2.41 bits per heavy atom. The molecule has 0 radical (unpaired) electrons. The van der Waals surface area contributed by atoms with Gasteiger partial charge in [-0.15, -0.1) is 0 Å². The molecule has 10 heteroatoms. The van der Waals surface area contributed by atoms with E-state index in [1.807, 2.05) is 6.08 Å². The predicted molar refractivity (Wildman–Crippen MR) is 111 cm³/mol. The zero-order chi connectivity index (χ0) is 20.9. The molecule has 1 aliphatic carbocycles. The number of carbonyl (C=O) groups is 1. The summed E-state index contributed by atoms with van der Waals surface area (Å²) in [4.78, 5) is 32.0. The second-order valence-corrected chi connectivity index (χ2v) is 8.60. The standard InChI is InChI=1S/C19H24ClFN4O3S/c1-19(21)4-2-13(8-15(19)20)10-25-6-7-28-14(11-25)9-23-17(27)12-29-18-22-5-3-16(26)24-18/h2-3,5,8,14H,4,6-7,9-12H2,1H3,(H,23,27)(H,22,24,26)/t14-,19?/m0/s1. The van der Waals surface area contributed by atoms with Crippen molar-refractivity contribution in [2.24, 2.45) is 0 Å². The Morgan fingerprint density at radius 3 is 3.17 bits per heavy atom. The number of hydrogen-bond acceptors (Lipinski definition) is 6. The van der Waals surface area contributed by atoms with Gasteiger partial charge in [-0.05, 0) is 18.6 Å². The Labute approximate surface area is 177 Å². The fraction of sp³-hybridized carbons (Fsp3) is 0.526. The van der Waals surface area contributed by atoms with Crippen LogP contribution in [0.5, 0.6) is 0 Å². The number of alkyl halides is 1. The zero-order valence-corrected chi connectivity index (χ0v) is 17.7. The minimum absolute atomic E-state index is 0.123. The SMILES string of the molecule is CC1(F)CC=C(CN2CCO[C@@H](CNC(=O)CSc3nccc(=O)[nH]3)C2)C=C1Cl. The van der Waals surface area contributed by atoms with Gasteiger partial charge in [0.2, 0.25) is 5.91 Å². The van der Waals surface area contributed by atoms with Crippen LogP contribution in [-0.2, 0) is 9.53 Å². The number of carbonyl (C=O) groups excluding carboxylic acids is 1. The fourth-order valence-corrected chi connectivity index (χ4v) is 3.94. The van der Waals surface area contributed by atoms with E-state index in [1.54, 1.807) is 6.08 Å². The summed E-state index contributed by atoms with van der Waals surface area (Å²) < 4.78 is 19.8. The van der Waals surface area contributed by atoms with Gasteiger partial charge in [0.15, 0.2) is 5.16 Å². The van der Waals surface area contributed by atoms with E-state index in [9.17, 15) is 14.0 Å². The second-order valence-electron chi connectivity index (χ2n) is 7.23. The molecule has 2 heterocycles. The van der Waals surface area contributed by atoms with E-state index in [1.165, 1.54) is 30.9 Å². The van der Waals surface area contributed by atoms with Crippen LogP contribution in [-0.4, -0.2) is 71.1 Å². The number of amides is 1. The molecule has 0 saturated carbocycles. The van der Waals surface area contributed by atoms with E-state index in [4.69, 9.17) is 16.3 Å². The predicted octanol–water partition coefficient (Wildman–Crippen LogP) is 1.86. The maximum Gasteiger partial charge on any atom is 0.251 e. The zero-order valence-electron chi connectivity index (χ0n) is 16.1. The van der Waals surface area contributed by atoms with Crippen LogP contribution >= 0.6 is 23.4 Å². The van der Waals surface area contributed by atoms with Gasteiger partial charge in [0.25, 0.3) is 5.56 Å². The van der Waals surface area contributed by atoms with E-state index in [-0.39, 0.29) is 34.8 Å². The highest BCUT2D eigenvalue weighted by Gasteiger charge is 2.30. The molecule has 29 heavy (non-hydrogen) atoms. The molecule has 2 aliphatic rings. The lowest BCUT2D eigenvalue weighted by atomic mass is 9.95. The molecule has 3 rings (SSSR count). The van der Waals surface area contributed by atoms with Crippen molar-refractivity contribution in [3.63, 3.8) is 0 Å². The minimum Gasteiger partial charge on any atom is -0.374 e. The number of halogens is 2. The van der Waals surface area contributed by atoms with Gasteiger partial charge in [-0.25, -0.2) is 9.37 Å². The topological polar surface area (TPSA) is 87.3 Å². The number of nitrogens with zero attached hydrogens (tertiary/aromatic N) is 2. The van der Waals surface area contributed by atoms with Crippen molar-refractivity contribution in [3.05, 3.63) is 45.4 Å². The van der Waals surface area contributed by atoms with E-state index in [2.05, 4.69) is 20.2 Å². The number of rotatable bonds is 7. The lowest BCUT2D eigenvalue weighted by Gasteiger charge is -2.34. The maximum atomic E-state index is 14.1. The molecule has 1 saturated heterocycles. The quantitative estimate of drug-likeness (QED) is 0.495. The molecular formula is C19H24ClFN4O3S. The summed E-state index contributed by atoms with van der Waals surface area (Å²) in [6, 6.07) is 1.32. The van der Waals surface area contributed by atoms with Crippen LogP contribution in [0.25, 0.3) is 0 Å². The van der Waals surface area contributed by atoms with E-state index in [0.29, 0.717) is 31.4 Å². The van der Waals surface area contributed by atoms with Crippen LogP contribution in [0.1, 0.15) is 13.3 Å². The minimum atomic E-state index is -1.48. The van der Waals surface area contributed by atoms with Crippen LogP contribution < -0.4 is 10.9 Å². The molecule has 0 aromatic carbocycles. The first-order chi connectivity index (χ1) is 13.8. The first-order valence-electron chi connectivity index (χ1n) is 9.36. The number of aromatic nitrogens is 2. The number of aromatic amines is 1. The summed E-state index contributed by atoms with van der Waals surface area (Å²) in [6.07, 6.45) is 5.15. The van der Waals surface area contributed by atoms with Crippen molar-refractivity contribution in [2.75, 3.05) is 38.5 Å². The van der Waals surface area contributed by atoms with Crippen LogP contribution in [0.3, 0.4) is 0 Å². The summed E-state index contributed by atoms with van der Waals surface area (Å²) in [6.45, 7) is 4.54. The number of ether oxygens (including phenoxy) is 1. The molecular weight excluding hydrogens is 419 g/mol. The molecule has 158 valence electrons. The van der Waals surface area contributed by atoms with Crippen molar-refractivity contribution in [2.45, 2.75) is 30.3 Å². The molecule has 7 nitrogen and oxygen atoms in total. The van der Waals surface area contributed by atoms with E-state index in [0.717, 1.165) is 12.1 Å². The third-order valence-electron chi connectivity index (χ3n) is 4.70. The maximum absolute atomic E-state index is 14.1. The Hall–Kier alpha value is -1.68. The van der Waals surface area contributed by atoms with E-state index >= 15 is 0 Å². The van der Waals surface area contributed by atoms with Gasteiger partial charge in [0.05, 0.1) is 23.5 Å². The first-order valence-corrected chi connectivity index (χ1v) is 10.7. The Balaban J connectivity index is 1.41. The van der Waals surface area contributed by atoms with Gasteiger partial charge in [-0.1, -0.05) is 29.4 Å². The van der Waals surface area contributed by atoms with Gasteiger partial charge in [0, 0.05) is 44.9 Å². The number of allylic oxidation sites excluding steroid dienone is 2. The summed E-state index contributed by atoms with van der Waals surface area (Å²) in [5, 5.41) is 3.49. The van der Waals surface area contributed by atoms with Crippen LogP contribution in [0.15, 0.2) is 45.0 Å². The van der Waals surface area contributed by atoms with Crippen molar-refractivity contribution in [1.29, 1.82) is 0 Å². The van der Waals surface area contributed by atoms with Crippen LogP contribution in [0.4, 0.5) is 4.39 Å². The summed E-state index contributed by atoms with van der Waals surface area (Å²) in [5.41, 5.74) is -0.738.